The number of halogens is 1. The van der Waals surface area contributed by atoms with Crippen molar-refractivity contribution in [3.63, 3.8) is 0 Å². The van der Waals surface area contributed by atoms with Gasteiger partial charge in [0.1, 0.15) is 11.3 Å². The van der Waals surface area contributed by atoms with Gasteiger partial charge in [-0.05, 0) is 68.0 Å². The lowest BCUT2D eigenvalue weighted by molar-refractivity contribution is -0.122. The van der Waals surface area contributed by atoms with E-state index in [1.165, 1.54) is 4.90 Å². The number of aromatic nitrogens is 1. The zero-order valence-electron chi connectivity index (χ0n) is 17.7. The molecule has 1 fully saturated rings. The predicted octanol–water partition coefficient (Wildman–Crippen LogP) is 4.59. The van der Waals surface area contributed by atoms with Crippen molar-refractivity contribution in [3.05, 3.63) is 82.1 Å². The number of thiocarbonyl (C=S) groups is 1. The van der Waals surface area contributed by atoms with Gasteiger partial charge in [-0.1, -0.05) is 29.8 Å². The van der Waals surface area contributed by atoms with E-state index < -0.39 is 11.8 Å². The normalized spacial score (nSPS) is 15.3. The van der Waals surface area contributed by atoms with Crippen molar-refractivity contribution in [2.45, 2.75) is 13.8 Å². The molecule has 8 heteroatoms. The van der Waals surface area contributed by atoms with Gasteiger partial charge in [0.25, 0.3) is 11.8 Å². The predicted molar refractivity (Wildman–Crippen MR) is 129 cm³/mol. The molecule has 1 saturated heterocycles. The molecule has 0 spiro atoms. The smallest absolute Gasteiger partial charge is 0.270 e. The van der Waals surface area contributed by atoms with Gasteiger partial charge >= 0.3 is 0 Å². The summed E-state index contributed by atoms with van der Waals surface area (Å²) < 4.78 is 7.37. The maximum Gasteiger partial charge on any atom is 0.270 e. The Balaban J connectivity index is 1.78. The summed E-state index contributed by atoms with van der Waals surface area (Å²) in [5.74, 6) is -0.340. The molecule has 162 valence electrons. The van der Waals surface area contributed by atoms with Gasteiger partial charge in [0, 0.05) is 23.1 Å². The van der Waals surface area contributed by atoms with Gasteiger partial charge < -0.3 is 9.30 Å². The van der Waals surface area contributed by atoms with Crippen molar-refractivity contribution in [1.29, 1.82) is 0 Å². The monoisotopic (exact) mass is 465 g/mol. The summed E-state index contributed by atoms with van der Waals surface area (Å²) in [5.41, 5.74) is 3.88. The zero-order valence-corrected chi connectivity index (χ0v) is 19.3. The highest BCUT2D eigenvalue weighted by Gasteiger charge is 2.35. The Kier molecular flexibility index (Phi) is 5.86. The van der Waals surface area contributed by atoms with Gasteiger partial charge in [-0.15, -0.1) is 0 Å². The average molecular weight is 466 g/mol. The molecule has 2 aromatic carbocycles. The van der Waals surface area contributed by atoms with Gasteiger partial charge in [-0.2, -0.15) is 0 Å². The van der Waals surface area contributed by atoms with Crippen LogP contribution in [0.4, 0.5) is 5.69 Å². The molecule has 6 nitrogen and oxygen atoms in total. The van der Waals surface area contributed by atoms with Gasteiger partial charge in [-0.3, -0.25) is 19.8 Å². The molecular weight excluding hydrogens is 446 g/mol. The first kappa shape index (κ1) is 21.8. The molecule has 1 aromatic heterocycles. The van der Waals surface area contributed by atoms with Crippen LogP contribution in [0.15, 0.2) is 60.2 Å². The lowest BCUT2D eigenvalue weighted by Gasteiger charge is -2.29. The highest BCUT2D eigenvalue weighted by molar-refractivity contribution is 7.80. The van der Waals surface area contributed by atoms with Crippen LogP contribution in [0.5, 0.6) is 5.75 Å². The summed E-state index contributed by atoms with van der Waals surface area (Å²) in [6, 6.07) is 16.4. The Hall–Kier alpha value is -3.42. The van der Waals surface area contributed by atoms with E-state index in [0.717, 1.165) is 28.4 Å². The summed E-state index contributed by atoms with van der Waals surface area (Å²) >= 11 is 11.5. The molecule has 0 saturated carbocycles. The fourth-order valence-corrected chi connectivity index (χ4v) is 4.24. The third-order valence-corrected chi connectivity index (χ3v) is 5.88. The Morgan fingerprint density at radius 2 is 1.81 bits per heavy atom. The highest BCUT2D eigenvalue weighted by atomic mass is 35.5. The maximum absolute atomic E-state index is 13.3. The van der Waals surface area contributed by atoms with Crippen LogP contribution in [0.1, 0.15) is 17.0 Å². The Bertz CT molecular complexity index is 1300. The number of carbonyl (C=O) groups excluding carboxylic acids is 2. The molecule has 1 N–H and O–H groups in total. The second-order valence-electron chi connectivity index (χ2n) is 7.27. The van der Waals surface area contributed by atoms with E-state index in [0.29, 0.717) is 10.7 Å². The zero-order chi connectivity index (χ0) is 23.0. The van der Waals surface area contributed by atoms with Crippen molar-refractivity contribution < 1.29 is 14.3 Å². The largest absolute Gasteiger partial charge is 0.497 e. The summed E-state index contributed by atoms with van der Waals surface area (Å²) in [6.45, 7) is 3.89. The molecule has 3 aromatic rings. The molecule has 0 radical (unpaired) electrons. The van der Waals surface area contributed by atoms with Gasteiger partial charge in [0.15, 0.2) is 5.11 Å². The average Bonchev–Trinajstić information content (AvgIpc) is 3.05. The fraction of sp³-hybridized carbons (Fsp3) is 0.125. The van der Waals surface area contributed by atoms with E-state index in [4.69, 9.17) is 28.6 Å². The summed E-state index contributed by atoms with van der Waals surface area (Å²) in [7, 11) is 1.62. The minimum Gasteiger partial charge on any atom is -0.497 e. The molecule has 0 atom stereocenters. The second-order valence-corrected chi connectivity index (χ2v) is 8.07. The number of amides is 2. The van der Waals surface area contributed by atoms with E-state index in [1.54, 1.807) is 37.5 Å². The minimum atomic E-state index is -0.547. The first-order valence-corrected chi connectivity index (χ1v) is 10.6. The molecule has 32 heavy (non-hydrogen) atoms. The van der Waals surface area contributed by atoms with Crippen LogP contribution in [-0.4, -0.2) is 28.6 Å². The number of para-hydroxylation sites is 1. The SMILES string of the molecule is COc1cccc(-n2c(C)cc(/C=C3/C(=O)NC(=S)N(c4ccccc4Cl)C3=O)c2C)c1. The van der Waals surface area contributed by atoms with Crippen molar-refractivity contribution in [2.75, 3.05) is 12.0 Å². The van der Waals surface area contributed by atoms with E-state index in [2.05, 4.69) is 5.32 Å². The number of anilines is 1. The van der Waals surface area contributed by atoms with Crippen LogP contribution in [0.2, 0.25) is 5.02 Å². The number of nitrogens with one attached hydrogen (secondary N) is 1. The number of rotatable bonds is 4. The first-order chi connectivity index (χ1) is 15.3. The second kappa shape index (κ2) is 8.61. The molecular formula is C24H20ClN3O3S. The number of methoxy groups -OCH3 is 1. The lowest BCUT2D eigenvalue weighted by Crippen LogP contribution is -2.54. The number of ether oxygens (including phenoxy) is 1. The standard InChI is InChI=1S/C24H20ClN3O3S/c1-14-11-16(15(2)27(14)17-7-6-8-18(13-17)31-3)12-19-22(29)26-24(32)28(23(19)30)21-10-5-4-9-20(21)25/h4-13H,1-3H3,(H,26,29,32)/b19-12-. The summed E-state index contributed by atoms with van der Waals surface area (Å²) in [5, 5.41) is 2.94. The van der Waals surface area contributed by atoms with Crippen LogP contribution < -0.4 is 15.0 Å². The summed E-state index contributed by atoms with van der Waals surface area (Å²) in [4.78, 5) is 27.2. The van der Waals surface area contributed by atoms with Crippen molar-refractivity contribution in [2.24, 2.45) is 0 Å². The van der Waals surface area contributed by atoms with E-state index >= 15 is 0 Å². The first-order valence-electron chi connectivity index (χ1n) is 9.81. The third kappa shape index (κ3) is 3.81. The highest BCUT2D eigenvalue weighted by Crippen LogP contribution is 2.30. The molecule has 0 aliphatic carbocycles. The lowest BCUT2D eigenvalue weighted by atomic mass is 10.1. The third-order valence-electron chi connectivity index (χ3n) is 5.28. The van der Waals surface area contributed by atoms with Crippen molar-refractivity contribution in [1.82, 2.24) is 9.88 Å². The minimum absolute atomic E-state index is 0.00731. The van der Waals surface area contributed by atoms with Crippen LogP contribution >= 0.6 is 23.8 Å². The van der Waals surface area contributed by atoms with Crippen LogP contribution in [0.3, 0.4) is 0 Å². The molecule has 4 rings (SSSR count). The topological polar surface area (TPSA) is 63.6 Å². The number of benzene rings is 2. The van der Waals surface area contributed by atoms with Gasteiger partial charge in [0.2, 0.25) is 0 Å². The van der Waals surface area contributed by atoms with Crippen LogP contribution in [0, 0.1) is 13.8 Å². The molecule has 2 amide bonds. The van der Waals surface area contributed by atoms with Gasteiger partial charge in [0.05, 0.1) is 17.8 Å². The Morgan fingerprint density at radius 1 is 1.06 bits per heavy atom. The van der Waals surface area contributed by atoms with Crippen LogP contribution in [-0.2, 0) is 9.59 Å². The quantitative estimate of drug-likeness (QED) is 0.348. The number of hydrogen-bond donors (Lipinski definition) is 1. The molecule has 0 unspecified atom stereocenters. The molecule has 1 aliphatic heterocycles. The number of carbonyl (C=O) groups is 2. The van der Waals surface area contributed by atoms with E-state index in [1.807, 2.05) is 48.7 Å². The van der Waals surface area contributed by atoms with Crippen LogP contribution in [0.25, 0.3) is 11.8 Å². The van der Waals surface area contributed by atoms with Crippen molar-refractivity contribution >= 4 is 52.5 Å². The fourth-order valence-electron chi connectivity index (χ4n) is 3.75. The summed E-state index contributed by atoms with van der Waals surface area (Å²) in [6.07, 6.45) is 1.59. The molecule has 0 bridgehead atoms. The van der Waals surface area contributed by atoms with E-state index in [9.17, 15) is 9.59 Å². The Morgan fingerprint density at radius 3 is 2.53 bits per heavy atom. The molecule has 2 heterocycles. The van der Waals surface area contributed by atoms with Crippen molar-refractivity contribution in [3.8, 4) is 11.4 Å². The maximum atomic E-state index is 13.3. The number of nitrogens with zero attached hydrogens (tertiary/aromatic N) is 2. The number of hydrogen-bond acceptors (Lipinski definition) is 4. The number of aryl methyl sites for hydroxylation is 1. The van der Waals surface area contributed by atoms with Gasteiger partial charge in [-0.25, -0.2) is 0 Å². The van der Waals surface area contributed by atoms with E-state index in [-0.39, 0.29) is 10.7 Å². The Labute approximate surface area is 196 Å². The molecule has 1 aliphatic rings.